The van der Waals surface area contributed by atoms with Crippen LogP contribution >= 0.6 is 0 Å². The molecule has 0 saturated carbocycles. The Labute approximate surface area is 144 Å². The Morgan fingerprint density at radius 1 is 1.04 bits per heavy atom. The first-order valence-corrected chi connectivity index (χ1v) is 9.37. The van der Waals surface area contributed by atoms with E-state index in [1.54, 1.807) is 0 Å². The van der Waals surface area contributed by atoms with Gasteiger partial charge in [0.15, 0.2) is 0 Å². The minimum Gasteiger partial charge on any atom is -0.494 e. The van der Waals surface area contributed by atoms with Gasteiger partial charge in [0.2, 0.25) is 0 Å². The van der Waals surface area contributed by atoms with Crippen molar-refractivity contribution in [2.45, 2.75) is 24.5 Å². The lowest BCUT2D eigenvalue weighted by molar-refractivity contribution is -0.136. The smallest absolute Gasteiger partial charge is 0.319 e. The van der Waals surface area contributed by atoms with Crippen molar-refractivity contribution in [3.8, 4) is 5.75 Å². The molecule has 5 heteroatoms. The van der Waals surface area contributed by atoms with Crippen LogP contribution in [0.25, 0.3) is 0 Å². The van der Waals surface area contributed by atoms with Crippen molar-refractivity contribution in [2.75, 3.05) is 12.4 Å². The van der Waals surface area contributed by atoms with Crippen LogP contribution in [0.4, 0.5) is 0 Å². The van der Waals surface area contributed by atoms with Crippen molar-refractivity contribution in [1.82, 2.24) is 0 Å². The third kappa shape index (κ3) is 6.16. The van der Waals surface area contributed by atoms with Crippen LogP contribution in [-0.2, 0) is 22.0 Å². The zero-order chi connectivity index (χ0) is 17.2. The van der Waals surface area contributed by atoms with E-state index in [1.165, 1.54) is 0 Å². The van der Waals surface area contributed by atoms with Crippen molar-refractivity contribution >= 4 is 16.8 Å². The van der Waals surface area contributed by atoms with E-state index in [0.29, 0.717) is 31.6 Å². The topological polar surface area (TPSA) is 63.6 Å². The van der Waals surface area contributed by atoms with Crippen LogP contribution in [-0.4, -0.2) is 32.9 Å². The Bertz CT molecular complexity index is 643. The molecule has 2 aromatic carbocycles. The van der Waals surface area contributed by atoms with E-state index in [0.717, 1.165) is 11.3 Å². The summed E-state index contributed by atoms with van der Waals surface area (Å²) < 4.78 is 17.8. The highest BCUT2D eigenvalue weighted by atomic mass is 32.2. The Morgan fingerprint density at radius 3 is 2.29 bits per heavy atom. The summed E-state index contributed by atoms with van der Waals surface area (Å²) >= 11 is 0. The van der Waals surface area contributed by atoms with Crippen molar-refractivity contribution < 1.29 is 18.8 Å². The molecule has 2 aromatic rings. The van der Waals surface area contributed by atoms with Crippen molar-refractivity contribution in [3.63, 3.8) is 0 Å². The maximum atomic E-state index is 12.3. The lowest BCUT2D eigenvalue weighted by Gasteiger charge is -2.12. The van der Waals surface area contributed by atoms with Crippen LogP contribution in [0.1, 0.15) is 18.4 Å². The average Bonchev–Trinajstić information content (AvgIpc) is 2.60. The zero-order valence-electron chi connectivity index (χ0n) is 13.5. The SMILES string of the molecule is O=C(O)C(CCc1ccccc1)S(=O)CCCOc1ccccc1. The van der Waals surface area contributed by atoms with Crippen LogP contribution < -0.4 is 4.74 Å². The molecule has 24 heavy (non-hydrogen) atoms. The largest absolute Gasteiger partial charge is 0.494 e. The molecule has 0 amide bonds. The summed E-state index contributed by atoms with van der Waals surface area (Å²) in [5.41, 5.74) is 1.06. The number of carboxylic acid groups (broad SMARTS) is 1. The highest BCUT2D eigenvalue weighted by Gasteiger charge is 2.24. The van der Waals surface area contributed by atoms with Gasteiger partial charge in [-0.1, -0.05) is 48.5 Å². The van der Waals surface area contributed by atoms with Crippen LogP contribution in [0, 0.1) is 0 Å². The number of rotatable bonds is 10. The zero-order valence-corrected chi connectivity index (χ0v) is 14.3. The maximum Gasteiger partial charge on any atom is 0.319 e. The normalized spacial score (nSPS) is 13.2. The van der Waals surface area contributed by atoms with E-state index in [2.05, 4.69) is 0 Å². The molecule has 0 aliphatic rings. The molecule has 0 aliphatic carbocycles. The van der Waals surface area contributed by atoms with Crippen LogP contribution in [0.15, 0.2) is 60.7 Å². The van der Waals surface area contributed by atoms with E-state index < -0.39 is 22.0 Å². The van der Waals surface area contributed by atoms with Gasteiger partial charge in [0.1, 0.15) is 11.0 Å². The summed E-state index contributed by atoms with van der Waals surface area (Å²) in [5, 5.41) is 8.50. The predicted octanol–water partition coefficient (Wildman–Crippen LogP) is 3.29. The first-order valence-electron chi connectivity index (χ1n) is 7.98. The van der Waals surface area contributed by atoms with Gasteiger partial charge >= 0.3 is 5.97 Å². The van der Waals surface area contributed by atoms with Crippen molar-refractivity contribution in [2.24, 2.45) is 0 Å². The molecule has 1 N–H and O–H groups in total. The molecular formula is C19H22O4S. The predicted molar refractivity (Wildman–Crippen MR) is 95.8 cm³/mol. The minimum atomic E-state index is -1.40. The number of carboxylic acids is 1. The number of aliphatic carboxylic acids is 1. The maximum absolute atomic E-state index is 12.3. The van der Waals surface area contributed by atoms with Gasteiger partial charge in [-0.15, -0.1) is 0 Å². The fourth-order valence-corrected chi connectivity index (χ4v) is 3.65. The van der Waals surface area contributed by atoms with Gasteiger partial charge in [-0.2, -0.15) is 0 Å². The first-order chi connectivity index (χ1) is 11.7. The Morgan fingerprint density at radius 2 is 1.67 bits per heavy atom. The molecule has 128 valence electrons. The second kappa shape index (κ2) is 9.88. The Hall–Kier alpha value is -2.14. The third-order valence-electron chi connectivity index (χ3n) is 3.63. The number of para-hydroxylation sites is 1. The molecule has 0 radical (unpaired) electrons. The highest BCUT2D eigenvalue weighted by molar-refractivity contribution is 7.86. The van der Waals surface area contributed by atoms with Gasteiger partial charge in [0.05, 0.1) is 6.61 Å². The monoisotopic (exact) mass is 346 g/mol. The van der Waals surface area contributed by atoms with Crippen LogP contribution in [0.2, 0.25) is 0 Å². The summed E-state index contributed by atoms with van der Waals surface area (Å²) in [6.45, 7) is 0.431. The number of benzene rings is 2. The van der Waals surface area contributed by atoms with Gasteiger partial charge in [-0.3, -0.25) is 9.00 Å². The molecule has 0 bridgehead atoms. The quantitative estimate of drug-likeness (QED) is 0.671. The standard InChI is InChI=1S/C19H22O4S/c20-19(21)18(13-12-16-8-3-1-4-9-16)24(22)15-7-14-23-17-10-5-2-6-11-17/h1-6,8-11,18H,7,12-15H2,(H,20,21). The summed E-state index contributed by atoms with van der Waals surface area (Å²) in [6.07, 6.45) is 1.56. The lowest BCUT2D eigenvalue weighted by atomic mass is 10.1. The number of hydrogen-bond acceptors (Lipinski definition) is 3. The van der Waals surface area contributed by atoms with E-state index in [1.807, 2.05) is 60.7 Å². The molecule has 2 unspecified atom stereocenters. The fraction of sp³-hybridized carbons (Fsp3) is 0.316. The lowest BCUT2D eigenvalue weighted by Crippen LogP contribution is -2.28. The van der Waals surface area contributed by atoms with E-state index >= 15 is 0 Å². The molecule has 0 heterocycles. The molecule has 2 rings (SSSR count). The number of aryl methyl sites for hydroxylation is 1. The third-order valence-corrected chi connectivity index (χ3v) is 5.40. The molecule has 2 atom stereocenters. The van der Waals surface area contributed by atoms with Gasteiger partial charge in [-0.05, 0) is 37.0 Å². The van der Waals surface area contributed by atoms with Gasteiger partial charge in [0.25, 0.3) is 0 Å². The summed E-state index contributed by atoms with van der Waals surface area (Å²) in [7, 11) is -1.40. The average molecular weight is 346 g/mol. The minimum absolute atomic E-state index is 0.332. The Balaban J connectivity index is 1.75. The van der Waals surface area contributed by atoms with Crippen LogP contribution in [0.3, 0.4) is 0 Å². The summed E-state index contributed by atoms with van der Waals surface area (Å²) in [4.78, 5) is 11.4. The second-order valence-corrected chi connectivity index (χ2v) is 7.19. The fourth-order valence-electron chi connectivity index (χ4n) is 2.36. The van der Waals surface area contributed by atoms with Crippen molar-refractivity contribution in [1.29, 1.82) is 0 Å². The van der Waals surface area contributed by atoms with Crippen molar-refractivity contribution in [3.05, 3.63) is 66.2 Å². The molecule has 0 aliphatic heterocycles. The molecular weight excluding hydrogens is 324 g/mol. The van der Waals surface area contributed by atoms with E-state index in [4.69, 9.17) is 4.74 Å². The number of hydrogen-bond donors (Lipinski definition) is 1. The van der Waals surface area contributed by atoms with Gasteiger partial charge < -0.3 is 9.84 Å². The summed E-state index contributed by atoms with van der Waals surface area (Å²) in [5.74, 6) is 0.105. The van der Waals surface area contributed by atoms with E-state index in [-0.39, 0.29) is 0 Å². The van der Waals surface area contributed by atoms with Crippen LogP contribution in [0.5, 0.6) is 5.75 Å². The molecule has 0 spiro atoms. The highest BCUT2D eigenvalue weighted by Crippen LogP contribution is 2.12. The Kier molecular flexibility index (Phi) is 7.49. The number of carbonyl (C=O) groups is 1. The molecule has 4 nitrogen and oxygen atoms in total. The molecule has 0 saturated heterocycles. The van der Waals surface area contributed by atoms with Gasteiger partial charge in [0, 0.05) is 16.6 Å². The second-order valence-electron chi connectivity index (χ2n) is 5.45. The first kappa shape index (κ1) is 18.2. The molecule has 0 fully saturated rings. The molecule has 0 aromatic heterocycles. The number of ether oxygens (including phenoxy) is 1. The summed E-state index contributed by atoms with van der Waals surface area (Å²) in [6, 6.07) is 19.1. The van der Waals surface area contributed by atoms with Gasteiger partial charge in [-0.25, -0.2) is 0 Å². The van der Waals surface area contributed by atoms with E-state index in [9.17, 15) is 14.1 Å².